The molecule has 2 aromatic rings. The van der Waals surface area contributed by atoms with Gasteiger partial charge in [0.1, 0.15) is 11.5 Å². The second-order valence-corrected chi connectivity index (χ2v) is 6.57. The summed E-state index contributed by atoms with van der Waals surface area (Å²) in [5.74, 6) is 1.58. The van der Waals surface area contributed by atoms with E-state index in [9.17, 15) is 9.50 Å². The van der Waals surface area contributed by atoms with Gasteiger partial charge in [0.05, 0.1) is 13.7 Å². The molecule has 0 radical (unpaired) electrons. The minimum Gasteiger partial charge on any atom is -0.508 e. The fourth-order valence-electron chi connectivity index (χ4n) is 3.17. The normalized spacial score (nSPS) is 16.3. The summed E-state index contributed by atoms with van der Waals surface area (Å²) in [5.41, 5.74) is 0.681. The van der Waals surface area contributed by atoms with Crippen molar-refractivity contribution < 1.29 is 14.2 Å². The van der Waals surface area contributed by atoms with Gasteiger partial charge >= 0.3 is 0 Å². The Balaban J connectivity index is 0.00000300. The highest BCUT2D eigenvalue weighted by atomic mass is 127. The topological polar surface area (TPSA) is 82.0 Å². The van der Waals surface area contributed by atoms with E-state index < -0.39 is 0 Å². The number of aromatic nitrogens is 1. The Morgan fingerprint density at radius 1 is 1.41 bits per heavy atom. The lowest BCUT2D eigenvalue weighted by molar-refractivity contribution is 0.411. The van der Waals surface area contributed by atoms with Crippen LogP contribution in [0.25, 0.3) is 0 Å². The molecule has 1 aliphatic rings. The van der Waals surface area contributed by atoms with E-state index in [0.29, 0.717) is 42.7 Å². The van der Waals surface area contributed by atoms with Gasteiger partial charge in [-0.1, -0.05) is 0 Å². The quantitative estimate of drug-likeness (QED) is 0.312. The lowest BCUT2D eigenvalue weighted by Gasteiger charge is -2.20. The second-order valence-electron chi connectivity index (χ2n) is 6.57. The molecule has 1 aromatic heterocycles. The van der Waals surface area contributed by atoms with E-state index in [2.05, 4.69) is 20.6 Å². The molecule has 7 nitrogen and oxygen atoms in total. The number of aromatic hydroxyl groups is 1. The highest BCUT2D eigenvalue weighted by Crippen LogP contribution is 2.24. The van der Waals surface area contributed by atoms with Crippen LogP contribution >= 0.6 is 24.0 Å². The van der Waals surface area contributed by atoms with Crippen molar-refractivity contribution in [3.05, 3.63) is 47.9 Å². The molecule has 0 bridgehead atoms. The van der Waals surface area contributed by atoms with Gasteiger partial charge in [-0.15, -0.1) is 24.0 Å². The number of guanidine groups is 1. The Kier molecular flexibility index (Phi) is 8.74. The summed E-state index contributed by atoms with van der Waals surface area (Å²) < 4.78 is 19.2. The standard InChI is InChI=1S/C20H26FN5O2.HI/c1-3-22-20(24-12-14-11-16(28-2)6-7-18(14)27)25-15-8-10-26(13-15)19-17(21)5-4-9-23-19;/h4-7,9,11,15,27H,3,8,10,12-13H2,1-2H3,(H2,22,24,25);1H. The number of ether oxygens (including phenoxy) is 1. The lowest BCUT2D eigenvalue weighted by atomic mass is 10.2. The van der Waals surface area contributed by atoms with Crippen LogP contribution in [0.2, 0.25) is 0 Å². The first-order valence-electron chi connectivity index (χ1n) is 9.37. The fraction of sp³-hybridized carbons (Fsp3) is 0.400. The monoisotopic (exact) mass is 515 g/mol. The molecule has 9 heteroatoms. The smallest absolute Gasteiger partial charge is 0.191 e. The van der Waals surface area contributed by atoms with Gasteiger partial charge < -0.3 is 25.4 Å². The van der Waals surface area contributed by atoms with Gasteiger partial charge in [-0.3, -0.25) is 0 Å². The Morgan fingerprint density at radius 3 is 2.97 bits per heavy atom. The number of nitrogens with one attached hydrogen (secondary N) is 2. The van der Waals surface area contributed by atoms with Crippen LogP contribution in [0, 0.1) is 5.82 Å². The maximum Gasteiger partial charge on any atom is 0.191 e. The molecule has 0 spiro atoms. The number of hydrogen-bond acceptors (Lipinski definition) is 5. The van der Waals surface area contributed by atoms with Gasteiger partial charge in [0.2, 0.25) is 0 Å². The summed E-state index contributed by atoms with van der Waals surface area (Å²) in [7, 11) is 1.58. The third-order valence-electron chi connectivity index (χ3n) is 4.61. The molecule has 0 saturated carbocycles. The van der Waals surface area contributed by atoms with Gasteiger partial charge in [0, 0.05) is 37.4 Å². The first kappa shape index (κ1) is 23.0. The molecule has 1 aromatic carbocycles. The van der Waals surface area contributed by atoms with Crippen molar-refractivity contribution in [2.45, 2.75) is 25.9 Å². The highest BCUT2D eigenvalue weighted by Gasteiger charge is 2.25. The van der Waals surface area contributed by atoms with Crippen LogP contribution in [0.1, 0.15) is 18.9 Å². The molecular formula is C20H27FIN5O2. The number of pyridine rings is 1. The molecule has 1 saturated heterocycles. The third-order valence-corrected chi connectivity index (χ3v) is 4.61. The fourth-order valence-corrected chi connectivity index (χ4v) is 3.17. The van der Waals surface area contributed by atoms with Crippen molar-refractivity contribution in [1.29, 1.82) is 0 Å². The number of hydrogen-bond donors (Lipinski definition) is 3. The summed E-state index contributed by atoms with van der Waals surface area (Å²) >= 11 is 0. The zero-order valence-corrected chi connectivity index (χ0v) is 18.9. The van der Waals surface area contributed by atoms with E-state index in [-0.39, 0.29) is 41.6 Å². The van der Waals surface area contributed by atoms with Crippen LogP contribution in [0.3, 0.4) is 0 Å². The molecule has 158 valence electrons. The molecule has 1 fully saturated rings. The number of methoxy groups -OCH3 is 1. The van der Waals surface area contributed by atoms with Crippen LogP contribution in [0.15, 0.2) is 41.5 Å². The molecule has 0 amide bonds. The Labute approximate surface area is 187 Å². The summed E-state index contributed by atoms with van der Waals surface area (Å²) in [6.07, 6.45) is 2.45. The van der Waals surface area contributed by atoms with Crippen molar-refractivity contribution in [3.63, 3.8) is 0 Å². The summed E-state index contributed by atoms with van der Waals surface area (Å²) in [4.78, 5) is 10.7. The van der Waals surface area contributed by atoms with Crippen molar-refractivity contribution in [2.24, 2.45) is 4.99 Å². The number of halogens is 2. The maximum atomic E-state index is 14.0. The number of phenols is 1. The first-order chi connectivity index (χ1) is 13.6. The van der Waals surface area contributed by atoms with Crippen LogP contribution in [0.5, 0.6) is 11.5 Å². The Hall–Kier alpha value is -2.30. The van der Waals surface area contributed by atoms with Gasteiger partial charge in [-0.05, 0) is 43.7 Å². The van der Waals surface area contributed by atoms with Crippen molar-refractivity contribution in [2.75, 3.05) is 31.6 Å². The third kappa shape index (κ3) is 6.09. The molecular weight excluding hydrogens is 488 g/mol. The van der Waals surface area contributed by atoms with Crippen molar-refractivity contribution in [1.82, 2.24) is 15.6 Å². The van der Waals surface area contributed by atoms with E-state index in [4.69, 9.17) is 4.74 Å². The zero-order chi connectivity index (χ0) is 19.9. The molecule has 1 atom stereocenters. The van der Waals surface area contributed by atoms with Crippen LogP contribution < -0.4 is 20.3 Å². The average molecular weight is 515 g/mol. The van der Waals surface area contributed by atoms with Gasteiger partial charge in [-0.2, -0.15) is 0 Å². The van der Waals surface area contributed by atoms with E-state index >= 15 is 0 Å². The Bertz CT molecular complexity index is 836. The summed E-state index contributed by atoms with van der Waals surface area (Å²) in [6.45, 7) is 4.37. The molecule has 1 unspecified atom stereocenters. The SMILES string of the molecule is CCNC(=NCc1cc(OC)ccc1O)NC1CCN(c2ncccc2F)C1.I. The van der Waals surface area contributed by atoms with Crippen LogP contribution in [-0.2, 0) is 6.54 Å². The van der Waals surface area contributed by atoms with Gasteiger partial charge in [-0.25, -0.2) is 14.4 Å². The highest BCUT2D eigenvalue weighted by molar-refractivity contribution is 14.0. The molecule has 29 heavy (non-hydrogen) atoms. The van der Waals surface area contributed by atoms with E-state index in [0.717, 1.165) is 13.0 Å². The number of nitrogens with zero attached hydrogens (tertiary/aromatic N) is 3. The maximum absolute atomic E-state index is 14.0. The molecule has 1 aliphatic heterocycles. The van der Waals surface area contributed by atoms with E-state index in [1.54, 1.807) is 37.6 Å². The largest absolute Gasteiger partial charge is 0.508 e. The number of benzene rings is 1. The minimum atomic E-state index is -0.308. The van der Waals surface area contributed by atoms with Gasteiger partial charge in [0.15, 0.2) is 17.6 Å². The predicted molar refractivity (Wildman–Crippen MR) is 123 cm³/mol. The number of rotatable bonds is 6. The molecule has 2 heterocycles. The lowest BCUT2D eigenvalue weighted by Crippen LogP contribution is -2.44. The molecule has 3 N–H and O–H groups in total. The van der Waals surface area contributed by atoms with Crippen LogP contribution in [0.4, 0.5) is 10.2 Å². The zero-order valence-electron chi connectivity index (χ0n) is 16.6. The first-order valence-corrected chi connectivity index (χ1v) is 9.37. The van der Waals surface area contributed by atoms with Gasteiger partial charge in [0.25, 0.3) is 0 Å². The second kappa shape index (κ2) is 11.0. The van der Waals surface area contributed by atoms with Crippen LogP contribution in [-0.4, -0.2) is 48.8 Å². The average Bonchev–Trinajstić information content (AvgIpc) is 3.16. The predicted octanol–water partition coefficient (Wildman–Crippen LogP) is 2.89. The summed E-state index contributed by atoms with van der Waals surface area (Å²) in [5, 5.41) is 16.6. The molecule has 0 aliphatic carbocycles. The number of aliphatic imine (C=N–C) groups is 1. The number of phenolic OH excluding ortho intramolecular Hbond substituents is 1. The summed E-state index contributed by atoms with van der Waals surface area (Å²) in [6, 6.07) is 8.21. The Morgan fingerprint density at radius 2 is 2.24 bits per heavy atom. The number of anilines is 1. The minimum absolute atomic E-state index is 0. The van der Waals surface area contributed by atoms with E-state index in [1.165, 1.54) is 6.07 Å². The molecule has 3 rings (SSSR count). The van der Waals surface area contributed by atoms with Crippen molar-refractivity contribution in [3.8, 4) is 11.5 Å². The van der Waals surface area contributed by atoms with E-state index in [1.807, 2.05) is 11.8 Å². The van der Waals surface area contributed by atoms with Crippen molar-refractivity contribution >= 4 is 35.8 Å².